The van der Waals surface area contributed by atoms with E-state index in [1.54, 1.807) is 0 Å². The van der Waals surface area contributed by atoms with Crippen molar-refractivity contribution in [3.05, 3.63) is 60.7 Å². The molecule has 0 spiro atoms. The van der Waals surface area contributed by atoms with Gasteiger partial charge in [0, 0.05) is 31.5 Å². The minimum atomic E-state index is 0.670. The first-order valence-electron chi connectivity index (χ1n) is 7.12. The van der Waals surface area contributed by atoms with Crippen LogP contribution in [0.1, 0.15) is 6.42 Å². The molecule has 2 N–H and O–H groups in total. The van der Waals surface area contributed by atoms with Crippen LogP contribution in [-0.4, -0.2) is 25.2 Å². The Morgan fingerprint density at radius 1 is 1.00 bits per heavy atom. The lowest BCUT2D eigenvalue weighted by atomic mass is 10.3. The zero-order valence-corrected chi connectivity index (χ0v) is 13.1. The van der Waals surface area contributed by atoms with Crippen LogP contribution in [0.2, 0.25) is 0 Å². The molecule has 0 aliphatic heterocycles. The molecule has 2 rings (SSSR count). The average Bonchev–Trinajstić information content (AvgIpc) is 2.53. The summed E-state index contributed by atoms with van der Waals surface area (Å²) in [5.74, 6) is 0. The van der Waals surface area contributed by atoms with Crippen LogP contribution in [0.5, 0.6) is 0 Å². The summed E-state index contributed by atoms with van der Waals surface area (Å²) in [6, 6.07) is 20.3. The van der Waals surface area contributed by atoms with E-state index in [-0.39, 0.29) is 0 Å². The Labute approximate surface area is 132 Å². The molecule has 2 aromatic carbocycles. The summed E-state index contributed by atoms with van der Waals surface area (Å²) in [4.78, 5) is 2.25. The Balaban J connectivity index is 1.64. The number of para-hydroxylation sites is 2. The van der Waals surface area contributed by atoms with E-state index in [2.05, 4.69) is 46.8 Å². The molecule has 0 bridgehead atoms. The van der Waals surface area contributed by atoms with Crippen LogP contribution in [0.25, 0.3) is 0 Å². The van der Waals surface area contributed by atoms with Gasteiger partial charge < -0.3 is 15.5 Å². The predicted molar refractivity (Wildman–Crippen MR) is 95.0 cm³/mol. The summed E-state index contributed by atoms with van der Waals surface area (Å²) in [5.41, 5.74) is 2.25. The third kappa shape index (κ3) is 5.44. The van der Waals surface area contributed by atoms with Gasteiger partial charge in [-0.3, -0.25) is 0 Å². The highest BCUT2D eigenvalue weighted by Gasteiger charge is 2.00. The minimum Gasteiger partial charge on any atom is -0.375 e. The van der Waals surface area contributed by atoms with Crippen molar-refractivity contribution in [3.8, 4) is 0 Å². The molecule has 0 saturated heterocycles. The number of hydrogen-bond acceptors (Lipinski definition) is 2. The maximum Gasteiger partial charge on any atom is 0.170 e. The molecule has 0 aliphatic rings. The Kier molecular flexibility index (Phi) is 6.03. The van der Waals surface area contributed by atoms with Crippen LogP contribution >= 0.6 is 12.2 Å². The van der Waals surface area contributed by atoms with Crippen molar-refractivity contribution in [1.29, 1.82) is 0 Å². The van der Waals surface area contributed by atoms with Gasteiger partial charge in [-0.2, -0.15) is 0 Å². The van der Waals surface area contributed by atoms with E-state index in [1.165, 1.54) is 5.69 Å². The summed E-state index contributed by atoms with van der Waals surface area (Å²) in [6.07, 6.45) is 1.03. The van der Waals surface area contributed by atoms with Crippen LogP contribution in [0.3, 0.4) is 0 Å². The molecular weight excluding hydrogens is 278 g/mol. The van der Waals surface area contributed by atoms with Crippen LogP contribution in [0.4, 0.5) is 11.4 Å². The van der Waals surface area contributed by atoms with Gasteiger partial charge in [-0.25, -0.2) is 0 Å². The first kappa shape index (κ1) is 15.3. The Bertz CT molecular complexity index is 542. The Morgan fingerprint density at radius 3 is 2.29 bits per heavy atom. The molecule has 0 heterocycles. The highest BCUT2D eigenvalue weighted by Crippen LogP contribution is 2.10. The van der Waals surface area contributed by atoms with E-state index in [0.29, 0.717) is 5.11 Å². The molecule has 0 saturated carbocycles. The molecule has 0 amide bonds. The largest absolute Gasteiger partial charge is 0.375 e. The molecule has 0 unspecified atom stereocenters. The van der Waals surface area contributed by atoms with Crippen molar-refractivity contribution >= 4 is 28.7 Å². The molecule has 0 aliphatic carbocycles. The lowest BCUT2D eigenvalue weighted by Crippen LogP contribution is -2.31. The molecule has 0 radical (unpaired) electrons. The third-order valence-corrected chi connectivity index (χ3v) is 3.43. The van der Waals surface area contributed by atoms with Gasteiger partial charge in [0.05, 0.1) is 0 Å². The summed E-state index contributed by atoms with van der Waals surface area (Å²) in [6.45, 7) is 1.85. The summed E-state index contributed by atoms with van der Waals surface area (Å²) in [7, 11) is 2.11. The molecule has 110 valence electrons. The van der Waals surface area contributed by atoms with E-state index in [0.717, 1.165) is 25.2 Å². The fourth-order valence-corrected chi connectivity index (χ4v) is 2.25. The van der Waals surface area contributed by atoms with Gasteiger partial charge in [0.1, 0.15) is 0 Å². The predicted octanol–water partition coefficient (Wildman–Crippen LogP) is 3.50. The van der Waals surface area contributed by atoms with E-state index in [9.17, 15) is 0 Å². The smallest absolute Gasteiger partial charge is 0.170 e. The summed E-state index contributed by atoms with van der Waals surface area (Å²) in [5, 5.41) is 7.07. The standard InChI is InChI=1S/C17H21N3S/c1-20(16-11-6-3-7-12-16)14-8-13-18-17(21)19-15-9-4-2-5-10-15/h2-7,9-12H,8,13-14H2,1H3,(H2,18,19,21). The maximum absolute atomic E-state index is 5.27. The van der Waals surface area contributed by atoms with Crippen molar-refractivity contribution in [2.45, 2.75) is 6.42 Å². The molecular formula is C17H21N3S. The van der Waals surface area contributed by atoms with Crippen molar-refractivity contribution in [3.63, 3.8) is 0 Å². The van der Waals surface area contributed by atoms with Crippen LogP contribution in [-0.2, 0) is 0 Å². The van der Waals surface area contributed by atoms with Crippen LogP contribution in [0, 0.1) is 0 Å². The van der Waals surface area contributed by atoms with Crippen LogP contribution in [0.15, 0.2) is 60.7 Å². The molecule has 3 nitrogen and oxygen atoms in total. The fourth-order valence-electron chi connectivity index (χ4n) is 2.03. The third-order valence-electron chi connectivity index (χ3n) is 3.18. The second-order valence-corrected chi connectivity index (χ2v) is 5.27. The topological polar surface area (TPSA) is 27.3 Å². The maximum atomic E-state index is 5.27. The highest BCUT2D eigenvalue weighted by atomic mass is 32.1. The fraction of sp³-hybridized carbons (Fsp3) is 0.235. The minimum absolute atomic E-state index is 0.670. The Morgan fingerprint density at radius 2 is 1.62 bits per heavy atom. The highest BCUT2D eigenvalue weighted by molar-refractivity contribution is 7.80. The molecule has 2 aromatic rings. The van der Waals surface area contributed by atoms with Gasteiger partial charge in [-0.1, -0.05) is 36.4 Å². The monoisotopic (exact) mass is 299 g/mol. The first-order valence-corrected chi connectivity index (χ1v) is 7.52. The second-order valence-electron chi connectivity index (χ2n) is 4.86. The quantitative estimate of drug-likeness (QED) is 0.630. The normalized spacial score (nSPS) is 9.95. The van der Waals surface area contributed by atoms with E-state index in [1.807, 2.05) is 36.4 Å². The lowest BCUT2D eigenvalue weighted by Gasteiger charge is -2.19. The van der Waals surface area contributed by atoms with Gasteiger partial charge in [-0.15, -0.1) is 0 Å². The number of nitrogens with one attached hydrogen (secondary N) is 2. The SMILES string of the molecule is CN(CCCNC(=S)Nc1ccccc1)c1ccccc1. The van der Waals surface area contributed by atoms with Crippen molar-refractivity contribution in [2.24, 2.45) is 0 Å². The van der Waals surface area contributed by atoms with Gasteiger partial charge in [0.2, 0.25) is 0 Å². The van der Waals surface area contributed by atoms with Gasteiger partial charge >= 0.3 is 0 Å². The van der Waals surface area contributed by atoms with E-state index in [4.69, 9.17) is 12.2 Å². The number of anilines is 2. The first-order chi connectivity index (χ1) is 10.3. The van der Waals surface area contributed by atoms with Crippen molar-refractivity contribution in [1.82, 2.24) is 5.32 Å². The van der Waals surface area contributed by atoms with Gasteiger partial charge in [0.25, 0.3) is 0 Å². The number of rotatable bonds is 6. The summed E-state index contributed by atoms with van der Waals surface area (Å²) < 4.78 is 0. The molecule has 0 atom stereocenters. The number of thiocarbonyl (C=S) groups is 1. The van der Waals surface area contributed by atoms with Crippen molar-refractivity contribution < 1.29 is 0 Å². The zero-order chi connectivity index (χ0) is 14.9. The number of nitrogens with zero attached hydrogens (tertiary/aromatic N) is 1. The molecule has 0 fully saturated rings. The lowest BCUT2D eigenvalue weighted by molar-refractivity contribution is 0.755. The second kappa shape index (κ2) is 8.27. The van der Waals surface area contributed by atoms with Crippen LogP contribution < -0.4 is 15.5 Å². The molecule has 21 heavy (non-hydrogen) atoms. The van der Waals surface area contributed by atoms with Gasteiger partial charge in [-0.05, 0) is 42.9 Å². The zero-order valence-electron chi connectivity index (χ0n) is 12.3. The molecule has 4 heteroatoms. The van der Waals surface area contributed by atoms with Crippen molar-refractivity contribution in [2.75, 3.05) is 30.4 Å². The van der Waals surface area contributed by atoms with E-state index >= 15 is 0 Å². The average molecular weight is 299 g/mol. The Hall–Kier alpha value is -2.07. The number of benzene rings is 2. The van der Waals surface area contributed by atoms with Gasteiger partial charge in [0.15, 0.2) is 5.11 Å². The number of hydrogen-bond donors (Lipinski definition) is 2. The molecule has 0 aromatic heterocycles. The summed E-state index contributed by atoms with van der Waals surface area (Å²) >= 11 is 5.27. The van der Waals surface area contributed by atoms with E-state index < -0.39 is 0 Å².